The van der Waals surface area contributed by atoms with Gasteiger partial charge in [0.25, 0.3) is 5.56 Å². The number of H-pyrrole nitrogens is 1. The molecule has 0 aliphatic carbocycles. The molecule has 0 fully saturated rings. The zero-order valence-corrected chi connectivity index (χ0v) is 17.0. The highest BCUT2D eigenvalue weighted by Crippen LogP contribution is 2.22. The minimum absolute atomic E-state index is 0.0952. The van der Waals surface area contributed by atoms with Crippen molar-refractivity contribution in [2.45, 2.75) is 12.1 Å². The van der Waals surface area contributed by atoms with Crippen molar-refractivity contribution < 1.29 is 9.53 Å². The summed E-state index contributed by atoms with van der Waals surface area (Å²) in [6.45, 7) is 2.46. The van der Waals surface area contributed by atoms with Crippen molar-refractivity contribution in [3.63, 3.8) is 0 Å². The first-order valence-electron chi connectivity index (χ1n) is 9.33. The van der Waals surface area contributed by atoms with Crippen LogP contribution in [0.4, 0.5) is 5.69 Å². The number of fused-ring (bicyclic) bond motifs is 1. The molecular weight excluding hydrogens is 402 g/mol. The average molecular weight is 421 g/mol. The molecule has 8 nitrogen and oxygen atoms in total. The van der Waals surface area contributed by atoms with E-state index in [2.05, 4.69) is 20.5 Å². The topological polar surface area (TPSA) is 102 Å². The van der Waals surface area contributed by atoms with E-state index in [0.717, 1.165) is 0 Å². The second-order valence-corrected chi connectivity index (χ2v) is 7.24. The van der Waals surface area contributed by atoms with Crippen LogP contribution < -0.4 is 15.6 Å². The fraction of sp³-hybridized carbons (Fsp3) is 0.143. The first-order valence-corrected chi connectivity index (χ1v) is 10.3. The first kappa shape index (κ1) is 19.7. The van der Waals surface area contributed by atoms with Crippen LogP contribution in [0.15, 0.2) is 70.7 Å². The maximum absolute atomic E-state index is 13.1. The van der Waals surface area contributed by atoms with Gasteiger partial charge in [0.15, 0.2) is 10.8 Å². The number of ether oxygens (including phenoxy) is 1. The molecule has 0 atom stereocenters. The molecule has 30 heavy (non-hydrogen) atoms. The van der Waals surface area contributed by atoms with Crippen LogP contribution in [0.1, 0.15) is 6.92 Å². The third kappa shape index (κ3) is 4.20. The van der Waals surface area contributed by atoms with Gasteiger partial charge in [-0.05, 0) is 43.3 Å². The molecule has 2 aromatic heterocycles. The third-order valence-corrected chi connectivity index (χ3v) is 5.19. The minimum Gasteiger partial charge on any atom is -0.494 e. The lowest BCUT2D eigenvalue weighted by molar-refractivity contribution is -0.113. The van der Waals surface area contributed by atoms with E-state index in [0.29, 0.717) is 39.9 Å². The molecule has 2 N–H and O–H groups in total. The van der Waals surface area contributed by atoms with Gasteiger partial charge in [0, 0.05) is 5.69 Å². The number of hydrogen-bond donors (Lipinski definition) is 2. The summed E-state index contributed by atoms with van der Waals surface area (Å²) in [5, 5.41) is 10.2. The Morgan fingerprint density at radius 3 is 2.67 bits per heavy atom. The van der Waals surface area contributed by atoms with E-state index in [-0.39, 0.29) is 17.2 Å². The summed E-state index contributed by atoms with van der Waals surface area (Å²) in [5.74, 6) is 0.615. The highest BCUT2D eigenvalue weighted by atomic mass is 32.2. The predicted molar refractivity (Wildman–Crippen MR) is 116 cm³/mol. The van der Waals surface area contributed by atoms with Crippen LogP contribution >= 0.6 is 11.8 Å². The van der Waals surface area contributed by atoms with Crippen LogP contribution in [0.2, 0.25) is 0 Å². The fourth-order valence-corrected chi connectivity index (χ4v) is 3.71. The molecule has 152 valence electrons. The van der Waals surface area contributed by atoms with E-state index in [1.165, 1.54) is 22.5 Å². The quantitative estimate of drug-likeness (QED) is 0.351. The Bertz CT molecular complexity index is 1220. The van der Waals surface area contributed by atoms with Gasteiger partial charge >= 0.3 is 0 Å². The van der Waals surface area contributed by atoms with E-state index < -0.39 is 0 Å². The van der Waals surface area contributed by atoms with Crippen molar-refractivity contribution in [1.29, 1.82) is 0 Å². The number of para-hydroxylation sites is 1. The number of amides is 1. The first-order chi connectivity index (χ1) is 14.7. The van der Waals surface area contributed by atoms with Crippen molar-refractivity contribution >= 4 is 34.4 Å². The lowest BCUT2D eigenvalue weighted by Crippen LogP contribution is -2.22. The van der Waals surface area contributed by atoms with Crippen LogP contribution in [0, 0.1) is 0 Å². The number of nitrogens with zero attached hydrogens (tertiary/aromatic N) is 3. The standard InChI is InChI=1S/C21H19N5O3S/c1-2-29-16-10-8-15(9-11-16)26-20(28)17-12-22-25-19(17)24-21(26)30-13-18(27)23-14-6-4-3-5-7-14/h3-12H,2,13H2,1H3,(H,22,25)(H,23,27). The third-order valence-electron chi connectivity index (χ3n) is 4.25. The minimum atomic E-state index is -0.260. The molecule has 0 saturated heterocycles. The van der Waals surface area contributed by atoms with Gasteiger partial charge in [0.05, 0.1) is 24.2 Å². The van der Waals surface area contributed by atoms with Crippen molar-refractivity contribution in [3.8, 4) is 11.4 Å². The smallest absolute Gasteiger partial charge is 0.269 e. The van der Waals surface area contributed by atoms with Crippen molar-refractivity contribution in [3.05, 3.63) is 71.1 Å². The molecule has 0 bridgehead atoms. The van der Waals surface area contributed by atoms with Gasteiger partial charge in [-0.1, -0.05) is 30.0 Å². The SMILES string of the molecule is CCOc1ccc(-n2c(SCC(=O)Nc3ccccc3)nc3[nH]ncc3c2=O)cc1. The van der Waals surface area contributed by atoms with E-state index in [4.69, 9.17) is 4.74 Å². The second-order valence-electron chi connectivity index (χ2n) is 6.30. The van der Waals surface area contributed by atoms with Crippen molar-refractivity contribution in [1.82, 2.24) is 19.7 Å². The molecular formula is C21H19N5O3S. The predicted octanol–water partition coefficient (Wildman–Crippen LogP) is 3.24. The van der Waals surface area contributed by atoms with Crippen LogP contribution in [-0.2, 0) is 4.79 Å². The summed E-state index contributed by atoms with van der Waals surface area (Å²) in [6.07, 6.45) is 1.45. The van der Waals surface area contributed by atoms with E-state index in [1.807, 2.05) is 37.3 Å². The van der Waals surface area contributed by atoms with Crippen LogP contribution in [0.25, 0.3) is 16.7 Å². The summed E-state index contributed by atoms with van der Waals surface area (Å²) < 4.78 is 6.95. The highest BCUT2D eigenvalue weighted by Gasteiger charge is 2.16. The number of aromatic nitrogens is 4. The summed E-state index contributed by atoms with van der Waals surface area (Å²) >= 11 is 1.18. The number of thioether (sulfide) groups is 1. The van der Waals surface area contributed by atoms with Gasteiger partial charge in [0.2, 0.25) is 5.91 Å². The fourth-order valence-electron chi connectivity index (χ4n) is 2.91. The zero-order chi connectivity index (χ0) is 20.9. The number of rotatable bonds is 7. The Labute approximate surface area is 176 Å². The molecule has 0 aliphatic heterocycles. The molecule has 0 radical (unpaired) electrons. The van der Waals surface area contributed by atoms with Crippen LogP contribution in [-0.4, -0.2) is 38.0 Å². The highest BCUT2D eigenvalue weighted by molar-refractivity contribution is 7.99. The Balaban J connectivity index is 1.64. The Hall–Kier alpha value is -3.59. The van der Waals surface area contributed by atoms with Crippen molar-refractivity contribution in [2.75, 3.05) is 17.7 Å². The van der Waals surface area contributed by atoms with E-state index in [9.17, 15) is 9.59 Å². The lowest BCUT2D eigenvalue weighted by atomic mass is 10.3. The Morgan fingerprint density at radius 2 is 1.93 bits per heavy atom. The Morgan fingerprint density at radius 1 is 1.17 bits per heavy atom. The molecule has 0 aliphatic rings. The number of anilines is 1. The summed E-state index contributed by atoms with van der Waals surface area (Å²) in [6, 6.07) is 16.4. The zero-order valence-electron chi connectivity index (χ0n) is 16.2. The molecule has 2 aromatic carbocycles. The number of benzene rings is 2. The lowest BCUT2D eigenvalue weighted by Gasteiger charge is -2.12. The molecule has 9 heteroatoms. The number of carbonyl (C=O) groups excluding carboxylic acids is 1. The second kappa shape index (κ2) is 8.83. The molecule has 4 rings (SSSR count). The molecule has 0 saturated carbocycles. The number of hydrogen-bond acceptors (Lipinski definition) is 6. The summed E-state index contributed by atoms with van der Waals surface area (Å²) in [5.41, 5.74) is 1.46. The van der Waals surface area contributed by atoms with Crippen molar-refractivity contribution in [2.24, 2.45) is 0 Å². The summed E-state index contributed by atoms with van der Waals surface area (Å²) in [4.78, 5) is 29.9. The maximum atomic E-state index is 13.1. The largest absolute Gasteiger partial charge is 0.494 e. The van der Waals surface area contributed by atoms with E-state index >= 15 is 0 Å². The van der Waals surface area contributed by atoms with Gasteiger partial charge < -0.3 is 10.1 Å². The summed E-state index contributed by atoms with van der Waals surface area (Å²) in [7, 11) is 0. The number of aromatic amines is 1. The number of nitrogens with one attached hydrogen (secondary N) is 2. The molecule has 0 unspecified atom stereocenters. The molecule has 0 spiro atoms. The average Bonchev–Trinajstić information content (AvgIpc) is 3.23. The van der Waals surface area contributed by atoms with Crippen LogP contribution in [0.5, 0.6) is 5.75 Å². The van der Waals surface area contributed by atoms with E-state index in [1.54, 1.807) is 24.3 Å². The monoisotopic (exact) mass is 421 g/mol. The maximum Gasteiger partial charge on any atom is 0.269 e. The molecule has 4 aromatic rings. The molecule has 1 amide bonds. The van der Waals surface area contributed by atoms with Gasteiger partial charge in [-0.3, -0.25) is 19.3 Å². The molecule has 2 heterocycles. The van der Waals surface area contributed by atoms with Gasteiger partial charge in [-0.25, -0.2) is 4.98 Å². The van der Waals surface area contributed by atoms with Gasteiger partial charge in [-0.2, -0.15) is 5.10 Å². The van der Waals surface area contributed by atoms with Crippen LogP contribution in [0.3, 0.4) is 0 Å². The Kier molecular flexibility index (Phi) is 5.80. The van der Waals surface area contributed by atoms with Gasteiger partial charge in [0.1, 0.15) is 11.1 Å². The normalized spacial score (nSPS) is 10.8. The van der Waals surface area contributed by atoms with Gasteiger partial charge in [-0.15, -0.1) is 0 Å². The number of carbonyl (C=O) groups is 1.